The maximum Gasteiger partial charge on any atom is 0.332 e. The fraction of sp³-hybridized carbons (Fsp3) is 0.125. The quantitative estimate of drug-likeness (QED) is 0.596. The van der Waals surface area contributed by atoms with Crippen molar-refractivity contribution in [1.82, 2.24) is 4.98 Å². The van der Waals surface area contributed by atoms with Crippen LogP contribution in [0, 0.1) is 17.0 Å². The van der Waals surface area contributed by atoms with E-state index in [1.165, 1.54) is 0 Å². The number of fused-ring (bicyclic) bond motifs is 1. The van der Waals surface area contributed by atoms with Crippen molar-refractivity contribution >= 4 is 34.4 Å². The number of nitro groups is 1. The number of nitrogen functional groups attached to an aromatic ring is 1. The van der Waals surface area contributed by atoms with E-state index >= 15 is 0 Å². The Balaban J connectivity index is 2.94. The van der Waals surface area contributed by atoms with E-state index < -0.39 is 4.92 Å². The third-order valence-corrected chi connectivity index (χ3v) is 2.45. The molecule has 78 valence electrons. The molecule has 2 rings (SSSR count). The summed E-state index contributed by atoms with van der Waals surface area (Å²) in [6.45, 7) is 1.65. The Hall–Kier alpha value is -1.82. The molecule has 0 aliphatic rings. The lowest BCUT2D eigenvalue weighted by Gasteiger charge is -1.98. The lowest BCUT2D eigenvalue weighted by Crippen LogP contribution is -1.91. The zero-order chi connectivity index (χ0) is 11.2. The summed E-state index contributed by atoms with van der Waals surface area (Å²) in [4.78, 5) is 14.0. The van der Waals surface area contributed by atoms with Crippen molar-refractivity contribution in [3.63, 3.8) is 0 Å². The largest absolute Gasteiger partial charge is 0.416 e. The van der Waals surface area contributed by atoms with Crippen molar-refractivity contribution in [1.29, 1.82) is 0 Å². The first-order valence-corrected chi connectivity index (χ1v) is 4.38. The molecule has 1 heterocycles. The molecule has 1 aromatic heterocycles. The third kappa shape index (κ3) is 1.39. The Bertz CT molecular complexity index is 564. The van der Waals surface area contributed by atoms with Gasteiger partial charge >= 0.3 is 5.69 Å². The van der Waals surface area contributed by atoms with Gasteiger partial charge in [-0.3, -0.25) is 10.1 Å². The van der Waals surface area contributed by atoms with Crippen LogP contribution in [-0.2, 0) is 0 Å². The monoisotopic (exact) mass is 227 g/mol. The summed E-state index contributed by atoms with van der Waals surface area (Å²) in [5.41, 5.74) is 5.92. The molecule has 0 spiro atoms. The molecule has 0 aliphatic heterocycles. The molecule has 0 unspecified atom stereocenters. The Labute approximate surface area is 88.8 Å². The number of anilines is 1. The Morgan fingerprint density at radius 2 is 2.33 bits per heavy atom. The zero-order valence-corrected chi connectivity index (χ0v) is 8.41. The highest BCUT2D eigenvalue weighted by molar-refractivity contribution is 6.34. The predicted octanol–water partition coefficient (Wildman–Crippen LogP) is 2.28. The molecule has 0 saturated carbocycles. The van der Waals surface area contributed by atoms with E-state index in [1.807, 2.05) is 0 Å². The summed E-state index contributed by atoms with van der Waals surface area (Å²) in [6, 6.07) is 1.47. The molecular formula is C8H6ClN3O3. The Morgan fingerprint density at radius 3 is 2.93 bits per heavy atom. The molecule has 0 amide bonds. The smallest absolute Gasteiger partial charge is 0.332 e. The summed E-state index contributed by atoms with van der Waals surface area (Å²) in [7, 11) is 0. The predicted molar refractivity (Wildman–Crippen MR) is 54.8 cm³/mol. The summed E-state index contributed by atoms with van der Waals surface area (Å²) in [5, 5.41) is 10.8. The lowest BCUT2D eigenvalue weighted by atomic mass is 10.2. The van der Waals surface area contributed by atoms with Crippen molar-refractivity contribution < 1.29 is 9.34 Å². The number of nitrogens with zero attached hydrogens (tertiary/aromatic N) is 2. The summed E-state index contributed by atoms with van der Waals surface area (Å²) in [5.74, 6) is 0. The van der Waals surface area contributed by atoms with Crippen molar-refractivity contribution in [2.75, 3.05) is 5.73 Å². The van der Waals surface area contributed by atoms with E-state index in [2.05, 4.69) is 4.98 Å². The van der Waals surface area contributed by atoms with Crippen molar-refractivity contribution in [2.24, 2.45) is 0 Å². The number of hydrogen-bond acceptors (Lipinski definition) is 5. The van der Waals surface area contributed by atoms with Crippen LogP contribution in [0.2, 0.25) is 5.02 Å². The maximum atomic E-state index is 10.8. The molecule has 2 aromatic rings. The third-order valence-electron chi connectivity index (χ3n) is 1.97. The van der Waals surface area contributed by atoms with Gasteiger partial charge in [-0.15, -0.1) is 0 Å². The minimum Gasteiger partial charge on any atom is -0.416 e. The highest BCUT2D eigenvalue weighted by Gasteiger charge is 2.24. The SMILES string of the molecule is Cc1cc2nc(N)oc2c([N+](=O)[O-])c1Cl. The van der Waals surface area contributed by atoms with Crippen LogP contribution in [0.1, 0.15) is 5.56 Å². The van der Waals surface area contributed by atoms with Gasteiger partial charge < -0.3 is 10.2 Å². The first kappa shape index (κ1) is 9.72. The Kier molecular flexibility index (Phi) is 2.01. The van der Waals surface area contributed by atoms with Crippen molar-refractivity contribution in [3.05, 3.63) is 26.8 Å². The molecule has 0 saturated heterocycles. The number of halogens is 1. The van der Waals surface area contributed by atoms with E-state index in [4.69, 9.17) is 21.8 Å². The normalized spacial score (nSPS) is 10.8. The second-order valence-electron chi connectivity index (χ2n) is 3.01. The molecule has 6 nitrogen and oxygen atoms in total. The molecule has 15 heavy (non-hydrogen) atoms. The lowest BCUT2D eigenvalue weighted by molar-refractivity contribution is -0.383. The van der Waals surface area contributed by atoms with Gasteiger partial charge in [0.25, 0.3) is 6.01 Å². The highest BCUT2D eigenvalue weighted by atomic mass is 35.5. The van der Waals surface area contributed by atoms with Crippen molar-refractivity contribution in [3.8, 4) is 0 Å². The number of aryl methyl sites for hydroxylation is 1. The average Bonchev–Trinajstić information content (AvgIpc) is 2.46. The number of nitro benzene ring substituents is 1. The van der Waals surface area contributed by atoms with E-state index in [0.29, 0.717) is 11.1 Å². The standard InChI is InChI=1S/C8H6ClN3O3/c1-3-2-4-7(15-8(10)11-4)6(5(3)9)12(13)14/h2H,1H3,(H2,10,11). The van der Waals surface area contributed by atoms with E-state index in [-0.39, 0.29) is 22.3 Å². The number of rotatable bonds is 1. The molecule has 0 radical (unpaired) electrons. The van der Waals surface area contributed by atoms with Gasteiger partial charge in [0.05, 0.1) is 4.92 Å². The van der Waals surface area contributed by atoms with E-state index in [0.717, 1.165) is 0 Å². The van der Waals surface area contributed by atoms with Gasteiger partial charge in [-0.05, 0) is 18.6 Å². The van der Waals surface area contributed by atoms with Gasteiger partial charge in [0.2, 0.25) is 5.58 Å². The first-order valence-electron chi connectivity index (χ1n) is 4.00. The van der Waals surface area contributed by atoms with Crippen LogP contribution in [0.15, 0.2) is 10.5 Å². The summed E-state index contributed by atoms with van der Waals surface area (Å²) in [6.07, 6.45) is 0. The molecule has 0 bridgehead atoms. The fourth-order valence-electron chi connectivity index (χ4n) is 1.33. The number of aromatic nitrogens is 1. The van der Waals surface area contributed by atoms with Gasteiger partial charge in [-0.1, -0.05) is 11.6 Å². The van der Waals surface area contributed by atoms with E-state index in [9.17, 15) is 10.1 Å². The van der Waals surface area contributed by atoms with Gasteiger partial charge in [-0.25, -0.2) is 0 Å². The van der Waals surface area contributed by atoms with Crippen LogP contribution in [-0.4, -0.2) is 9.91 Å². The van der Waals surface area contributed by atoms with Crippen LogP contribution in [0.3, 0.4) is 0 Å². The molecular weight excluding hydrogens is 222 g/mol. The van der Waals surface area contributed by atoms with Gasteiger partial charge in [0, 0.05) is 0 Å². The summed E-state index contributed by atoms with van der Waals surface area (Å²) >= 11 is 5.81. The fourth-order valence-corrected chi connectivity index (χ4v) is 1.54. The number of hydrogen-bond donors (Lipinski definition) is 1. The second kappa shape index (κ2) is 3.09. The molecule has 0 atom stereocenters. The number of benzene rings is 1. The second-order valence-corrected chi connectivity index (χ2v) is 3.39. The first-order chi connectivity index (χ1) is 7.00. The molecule has 2 N–H and O–H groups in total. The van der Waals surface area contributed by atoms with Crippen molar-refractivity contribution in [2.45, 2.75) is 6.92 Å². The van der Waals surface area contributed by atoms with E-state index in [1.54, 1.807) is 13.0 Å². The minimum absolute atomic E-state index is 0.00750. The average molecular weight is 228 g/mol. The number of oxazole rings is 1. The van der Waals surface area contributed by atoms with Crippen LogP contribution >= 0.6 is 11.6 Å². The minimum atomic E-state index is -0.609. The van der Waals surface area contributed by atoms with Crippen LogP contribution in [0.5, 0.6) is 0 Å². The Morgan fingerprint density at radius 1 is 1.67 bits per heavy atom. The number of nitrogens with two attached hydrogens (primary N) is 1. The molecule has 1 aromatic carbocycles. The summed E-state index contributed by atoms with van der Waals surface area (Å²) < 4.78 is 4.94. The van der Waals surface area contributed by atoms with Crippen LogP contribution in [0.4, 0.5) is 11.7 Å². The van der Waals surface area contributed by atoms with Crippen LogP contribution in [0.25, 0.3) is 11.1 Å². The zero-order valence-electron chi connectivity index (χ0n) is 7.65. The topological polar surface area (TPSA) is 95.2 Å². The van der Waals surface area contributed by atoms with Gasteiger partial charge in [-0.2, -0.15) is 4.98 Å². The molecule has 0 aliphatic carbocycles. The van der Waals surface area contributed by atoms with Gasteiger partial charge in [0.15, 0.2) is 0 Å². The maximum absolute atomic E-state index is 10.8. The molecule has 0 fully saturated rings. The molecule has 7 heteroatoms. The highest BCUT2D eigenvalue weighted by Crippen LogP contribution is 2.36. The van der Waals surface area contributed by atoms with Gasteiger partial charge in [0.1, 0.15) is 10.5 Å². The van der Waals surface area contributed by atoms with Crippen LogP contribution < -0.4 is 5.73 Å².